The Morgan fingerprint density at radius 2 is 1.75 bits per heavy atom. The smallest absolute Gasteiger partial charge is 0.255 e. The van der Waals surface area contributed by atoms with Crippen molar-refractivity contribution in [3.8, 4) is 11.5 Å². The molecule has 1 saturated heterocycles. The standard InChI is InChI=1S/C20H22N2O5S/c23-20(17-5-4-6-18-19(17)27-14-26-18)21-13-15-7-9-16(10-8-15)28(24,25)22-11-2-1-3-12-22/h4-10H,1-3,11-14H2,(H,21,23). The van der Waals surface area contributed by atoms with Crippen molar-refractivity contribution in [2.24, 2.45) is 0 Å². The van der Waals surface area contributed by atoms with E-state index in [1.807, 2.05) is 0 Å². The highest BCUT2D eigenvalue weighted by Crippen LogP contribution is 2.35. The summed E-state index contributed by atoms with van der Waals surface area (Å²) in [7, 11) is -3.44. The maximum Gasteiger partial charge on any atom is 0.255 e. The van der Waals surface area contributed by atoms with E-state index in [0.717, 1.165) is 24.8 Å². The molecule has 0 atom stereocenters. The molecule has 2 aromatic carbocycles. The number of ether oxygens (including phenoxy) is 2. The molecule has 0 unspecified atom stereocenters. The molecule has 2 aromatic rings. The Hall–Kier alpha value is -2.58. The Balaban J connectivity index is 1.41. The average Bonchev–Trinajstić information content (AvgIpc) is 3.22. The van der Waals surface area contributed by atoms with Crippen molar-refractivity contribution in [2.75, 3.05) is 19.9 Å². The van der Waals surface area contributed by atoms with Crippen molar-refractivity contribution < 1.29 is 22.7 Å². The fourth-order valence-electron chi connectivity index (χ4n) is 3.42. The number of sulfonamides is 1. The summed E-state index contributed by atoms with van der Waals surface area (Å²) in [5.74, 6) is 0.732. The van der Waals surface area contributed by atoms with E-state index in [2.05, 4.69) is 5.32 Å². The molecule has 2 heterocycles. The van der Waals surface area contributed by atoms with Crippen molar-refractivity contribution >= 4 is 15.9 Å². The van der Waals surface area contributed by atoms with Gasteiger partial charge in [-0.15, -0.1) is 0 Å². The van der Waals surface area contributed by atoms with Gasteiger partial charge in [-0.2, -0.15) is 4.31 Å². The van der Waals surface area contributed by atoms with E-state index in [-0.39, 0.29) is 24.1 Å². The molecule has 0 aromatic heterocycles. The van der Waals surface area contributed by atoms with Gasteiger partial charge in [-0.25, -0.2) is 8.42 Å². The Bertz CT molecular complexity index is 967. The lowest BCUT2D eigenvalue weighted by Crippen LogP contribution is -2.35. The Morgan fingerprint density at radius 1 is 1.00 bits per heavy atom. The fraction of sp³-hybridized carbons (Fsp3) is 0.350. The molecule has 8 heteroatoms. The molecule has 0 saturated carbocycles. The van der Waals surface area contributed by atoms with Gasteiger partial charge in [0.15, 0.2) is 11.5 Å². The topological polar surface area (TPSA) is 84.9 Å². The highest BCUT2D eigenvalue weighted by molar-refractivity contribution is 7.89. The van der Waals surface area contributed by atoms with E-state index in [9.17, 15) is 13.2 Å². The third-order valence-corrected chi connectivity index (χ3v) is 6.88. The van der Waals surface area contributed by atoms with Gasteiger partial charge in [-0.05, 0) is 42.7 Å². The summed E-state index contributed by atoms with van der Waals surface area (Å²) in [6, 6.07) is 11.8. The summed E-state index contributed by atoms with van der Waals surface area (Å²) in [5.41, 5.74) is 1.23. The van der Waals surface area contributed by atoms with Crippen LogP contribution < -0.4 is 14.8 Å². The van der Waals surface area contributed by atoms with Crippen molar-refractivity contribution in [3.63, 3.8) is 0 Å². The number of para-hydroxylation sites is 1. The van der Waals surface area contributed by atoms with Crippen LogP contribution in [0.3, 0.4) is 0 Å². The van der Waals surface area contributed by atoms with Crippen LogP contribution in [0.5, 0.6) is 11.5 Å². The van der Waals surface area contributed by atoms with E-state index in [4.69, 9.17) is 9.47 Å². The predicted molar refractivity (Wildman–Crippen MR) is 103 cm³/mol. The van der Waals surface area contributed by atoms with Crippen molar-refractivity contribution in [1.29, 1.82) is 0 Å². The summed E-state index contributed by atoms with van der Waals surface area (Å²) in [4.78, 5) is 12.7. The molecule has 28 heavy (non-hydrogen) atoms. The normalized spacial score (nSPS) is 16.7. The Labute approximate surface area is 164 Å². The highest BCUT2D eigenvalue weighted by atomic mass is 32.2. The van der Waals surface area contributed by atoms with Gasteiger partial charge in [-0.1, -0.05) is 24.6 Å². The molecule has 148 valence electrons. The molecule has 4 rings (SSSR count). The number of benzene rings is 2. The SMILES string of the molecule is O=C(NCc1ccc(S(=O)(=O)N2CCCCC2)cc1)c1cccc2c1OCO2. The van der Waals surface area contributed by atoms with Gasteiger partial charge < -0.3 is 14.8 Å². The van der Waals surface area contributed by atoms with E-state index < -0.39 is 10.0 Å². The van der Waals surface area contributed by atoms with Crippen LogP contribution in [0.4, 0.5) is 0 Å². The van der Waals surface area contributed by atoms with Crippen molar-refractivity contribution in [2.45, 2.75) is 30.7 Å². The minimum Gasteiger partial charge on any atom is -0.454 e. The molecule has 7 nitrogen and oxygen atoms in total. The first-order chi connectivity index (χ1) is 13.6. The summed E-state index contributed by atoms with van der Waals surface area (Å²) in [6.07, 6.45) is 2.88. The maximum atomic E-state index is 12.7. The maximum absolute atomic E-state index is 12.7. The molecule has 1 N–H and O–H groups in total. The third-order valence-electron chi connectivity index (χ3n) is 4.97. The fourth-order valence-corrected chi connectivity index (χ4v) is 4.94. The number of carbonyl (C=O) groups is 1. The van der Waals surface area contributed by atoms with Gasteiger partial charge >= 0.3 is 0 Å². The van der Waals surface area contributed by atoms with Crippen LogP contribution in [0, 0.1) is 0 Å². The van der Waals surface area contributed by atoms with Crippen LogP contribution in [-0.4, -0.2) is 38.5 Å². The van der Waals surface area contributed by atoms with Crippen LogP contribution in [0.2, 0.25) is 0 Å². The number of amides is 1. The second-order valence-electron chi connectivity index (χ2n) is 6.83. The van der Waals surface area contributed by atoms with Crippen molar-refractivity contribution in [3.05, 3.63) is 53.6 Å². The Kier molecular flexibility index (Phi) is 5.23. The van der Waals surface area contributed by atoms with Gasteiger partial charge in [0.25, 0.3) is 5.91 Å². The lowest BCUT2D eigenvalue weighted by Gasteiger charge is -2.25. The molecule has 0 radical (unpaired) electrons. The van der Waals surface area contributed by atoms with Crippen molar-refractivity contribution in [1.82, 2.24) is 9.62 Å². The highest BCUT2D eigenvalue weighted by Gasteiger charge is 2.26. The van der Waals surface area contributed by atoms with Gasteiger partial charge in [0.1, 0.15) is 0 Å². The van der Waals surface area contributed by atoms with Crippen LogP contribution in [0.25, 0.3) is 0 Å². The molecule has 1 amide bonds. The summed E-state index contributed by atoms with van der Waals surface area (Å²) in [6.45, 7) is 1.54. The summed E-state index contributed by atoms with van der Waals surface area (Å²) in [5, 5.41) is 2.83. The largest absolute Gasteiger partial charge is 0.454 e. The summed E-state index contributed by atoms with van der Waals surface area (Å²) < 4.78 is 37.6. The summed E-state index contributed by atoms with van der Waals surface area (Å²) >= 11 is 0. The second kappa shape index (κ2) is 7.81. The molecule has 0 bridgehead atoms. The van der Waals surface area contributed by atoms with E-state index in [1.54, 1.807) is 46.8 Å². The Morgan fingerprint density at radius 3 is 2.50 bits per heavy atom. The first-order valence-electron chi connectivity index (χ1n) is 9.31. The molecule has 2 aliphatic rings. The number of nitrogens with zero attached hydrogens (tertiary/aromatic N) is 1. The number of hydrogen-bond acceptors (Lipinski definition) is 5. The number of hydrogen-bond donors (Lipinski definition) is 1. The minimum atomic E-state index is -3.44. The molecule has 0 aliphatic carbocycles. The zero-order chi connectivity index (χ0) is 19.6. The van der Waals surface area contributed by atoms with Crippen LogP contribution >= 0.6 is 0 Å². The number of nitrogens with one attached hydrogen (secondary N) is 1. The molecular weight excluding hydrogens is 380 g/mol. The number of carbonyl (C=O) groups excluding carboxylic acids is 1. The number of piperidine rings is 1. The van der Waals surface area contributed by atoms with Gasteiger partial charge in [-0.3, -0.25) is 4.79 Å². The van der Waals surface area contributed by atoms with Crippen LogP contribution in [-0.2, 0) is 16.6 Å². The van der Waals surface area contributed by atoms with Crippen LogP contribution in [0.15, 0.2) is 47.4 Å². The second-order valence-corrected chi connectivity index (χ2v) is 8.77. The first kappa shape index (κ1) is 18.8. The average molecular weight is 402 g/mol. The van der Waals surface area contributed by atoms with Gasteiger partial charge in [0, 0.05) is 19.6 Å². The molecule has 0 spiro atoms. The van der Waals surface area contributed by atoms with E-state index in [0.29, 0.717) is 30.2 Å². The van der Waals surface area contributed by atoms with Gasteiger partial charge in [0.2, 0.25) is 16.8 Å². The lowest BCUT2D eigenvalue weighted by atomic mass is 10.1. The van der Waals surface area contributed by atoms with Gasteiger partial charge in [0.05, 0.1) is 10.5 Å². The van der Waals surface area contributed by atoms with Crippen LogP contribution in [0.1, 0.15) is 35.2 Å². The molecule has 1 fully saturated rings. The first-order valence-corrected chi connectivity index (χ1v) is 10.8. The molecule has 2 aliphatic heterocycles. The molecular formula is C20H22N2O5S. The third kappa shape index (κ3) is 3.70. The number of fused-ring (bicyclic) bond motifs is 1. The zero-order valence-electron chi connectivity index (χ0n) is 15.4. The minimum absolute atomic E-state index is 0.104. The predicted octanol–water partition coefficient (Wildman–Crippen LogP) is 2.52. The van der Waals surface area contributed by atoms with E-state index in [1.165, 1.54) is 0 Å². The lowest BCUT2D eigenvalue weighted by molar-refractivity contribution is 0.0946. The monoisotopic (exact) mass is 402 g/mol. The van der Waals surface area contributed by atoms with E-state index >= 15 is 0 Å². The quantitative estimate of drug-likeness (QED) is 0.831. The zero-order valence-corrected chi connectivity index (χ0v) is 16.2. The number of rotatable bonds is 5.